The summed E-state index contributed by atoms with van der Waals surface area (Å²) in [6.45, 7) is 0.0143. The number of nitrogens with one attached hydrogen (secondary N) is 2. The van der Waals surface area contributed by atoms with Crippen LogP contribution in [-0.4, -0.2) is 29.4 Å². The molecule has 122 valence electrons. The van der Waals surface area contributed by atoms with Crippen molar-refractivity contribution in [1.29, 1.82) is 0 Å². The van der Waals surface area contributed by atoms with Gasteiger partial charge in [0.25, 0.3) is 0 Å². The van der Waals surface area contributed by atoms with Gasteiger partial charge in [-0.3, -0.25) is 9.78 Å². The molecule has 7 heteroatoms. The second-order valence-corrected chi connectivity index (χ2v) is 5.32. The van der Waals surface area contributed by atoms with E-state index in [9.17, 15) is 4.79 Å². The summed E-state index contributed by atoms with van der Waals surface area (Å²) in [5.41, 5.74) is 6.50. The van der Waals surface area contributed by atoms with Crippen LogP contribution in [0, 0.1) is 0 Å². The Hall–Kier alpha value is -1.38. The maximum atomic E-state index is 11.7. The highest BCUT2D eigenvalue weighted by molar-refractivity contribution is 14.0. The van der Waals surface area contributed by atoms with Gasteiger partial charge in [-0.1, -0.05) is 25.7 Å². The van der Waals surface area contributed by atoms with Gasteiger partial charge in [0.15, 0.2) is 5.96 Å². The van der Waals surface area contributed by atoms with Crippen LogP contribution in [0.15, 0.2) is 29.5 Å². The molecule has 0 bridgehead atoms. The highest BCUT2D eigenvalue weighted by Crippen LogP contribution is 2.16. The van der Waals surface area contributed by atoms with E-state index in [0.29, 0.717) is 17.7 Å². The average molecular weight is 417 g/mol. The maximum Gasteiger partial charge on any atom is 0.246 e. The minimum absolute atomic E-state index is 0. The van der Waals surface area contributed by atoms with Crippen molar-refractivity contribution >= 4 is 41.5 Å². The molecule has 22 heavy (non-hydrogen) atoms. The number of pyridine rings is 1. The molecule has 1 aromatic rings. The maximum absolute atomic E-state index is 11.7. The minimum atomic E-state index is -0.200. The Balaban J connectivity index is 0.00000242. The van der Waals surface area contributed by atoms with Crippen molar-refractivity contribution < 1.29 is 4.79 Å². The monoisotopic (exact) mass is 417 g/mol. The number of aromatic nitrogens is 1. The molecule has 0 atom stereocenters. The summed E-state index contributed by atoms with van der Waals surface area (Å²) in [6, 6.07) is 3.93. The lowest BCUT2D eigenvalue weighted by Gasteiger charge is -2.16. The second kappa shape index (κ2) is 10.4. The number of carbonyl (C=O) groups is 1. The topological polar surface area (TPSA) is 92.4 Å². The van der Waals surface area contributed by atoms with E-state index in [1.54, 1.807) is 24.5 Å². The molecule has 1 aliphatic carbocycles. The zero-order valence-electron chi connectivity index (χ0n) is 12.6. The fourth-order valence-electron chi connectivity index (χ4n) is 2.47. The highest BCUT2D eigenvalue weighted by Gasteiger charge is 2.12. The molecule has 0 saturated heterocycles. The van der Waals surface area contributed by atoms with Gasteiger partial charge in [0, 0.05) is 12.2 Å². The van der Waals surface area contributed by atoms with Crippen LogP contribution in [0.4, 0.5) is 5.69 Å². The van der Waals surface area contributed by atoms with Gasteiger partial charge in [0.1, 0.15) is 6.54 Å². The molecule has 1 aromatic heterocycles. The van der Waals surface area contributed by atoms with Crippen molar-refractivity contribution in [2.24, 2.45) is 10.7 Å². The molecule has 1 amide bonds. The number of carbonyl (C=O) groups excluding carboxylic acids is 1. The Labute approximate surface area is 148 Å². The van der Waals surface area contributed by atoms with Crippen LogP contribution in [-0.2, 0) is 4.79 Å². The number of amides is 1. The third kappa shape index (κ3) is 7.06. The van der Waals surface area contributed by atoms with Gasteiger partial charge in [0.05, 0.1) is 11.9 Å². The lowest BCUT2D eigenvalue weighted by Crippen LogP contribution is -2.40. The Morgan fingerprint density at radius 1 is 1.32 bits per heavy atom. The average Bonchev–Trinajstić information content (AvgIpc) is 2.75. The summed E-state index contributed by atoms with van der Waals surface area (Å²) in [4.78, 5) is 19.8. The second-order valence-electron chi connectivity index (χ2n) is 5.32. The molecule has 0 radical (unpaired) electrons. The van der Waals surface area contributed by atoms with E-state index < -0.39 is 0 Å². The molecule has 1 heterocycles. The van der Waals surface area contributed by atoms with E-state index in [1.807, 2.05) is 0 Å². The third-order valence-electron chi connectivity index (χ3n) is 3.55. The van der Waals surface area contributed by atoms with Gasteiger partial charge >= 0.3 is 0 Å². The van der Waals surface area contributed by atoms with E-state index in [2.05, 4.69) is 20.6 Å². The smallest absolute Gasteiger partial charge is 0.246 e. The Morgan fingerprint density at radius 3 is 2.68 bits per heavy atom. The predicted molar refractivity (Wildman–Crippen MR) is 99.4 cm³/mol. The normalized spacial score (nSPS) is 16.3. The number of anilines is 1. The lowest BCUT2D eigenvalue weighted by atomic mass is 10.1. The van der Waals surface area contributed by atoms with Crippen LogP contribution < -0.4 is 16.4 Å². The van der Waals surface area contributed by atoms with Crippen LogP contribution in [0.5, 0.6) is 0 Å². The number of nitrogens with two attached hydrogens (primary N) is 1. The minimum Gasteiger partial charge on any atom is -0.370 e. The van der Waals surface area contributed by atoms with Crippen LogP contribution in [0.25, 0.3) is 0 Å². The van der Waals surface area contributed by atoms with E-state index in [-0.39, 0.29) is 36.4 Å². The Kier molecular flexibility index (Phi) is 8.79. The summed E-state index contributed by atoms with van der Waals surface area (Å²) in [5, 5.41) is 5.93. The number of hydrogen-bond acceptors (Lipinski definition) is 3. The summed E-state index contributed by atoms with van der Waals surface area (Å²) < 4.78 is 0. The van der Waals surface area contributed by atoms with E-state index in [0.717, 1.165) is 12.8 Å². The van der Waals surface area contributed by atoms with Crippen molar-refractivity contribution in [1.82, 2.24) is 10.3 Å². The number of hydrogen-bond donors (Lipinski definition) is 3. The number of rotatable bonds is 4. The van der Waals surface area contributed by atoms with Crippen molar-refractivity contribution in [2.45, 2.75) is 44.6 Å². The molecule has 1 aliphatic rings. The van der Waals surface area contributed by atoms with E-state index >= 15 is 0 Å². The Morgan fingerprint density at radius 2 is 2.05 bits per heavy atom. The van der Waals surface area contributed by atoms with Gasteiger partial charge in [0.2, 0.25) is 5.91 Å². The first kappa shape index (κ1) is 18.7. The molecule has 2 rings (SSSR count). The van der Waals surface area contributed by atoms with Crippen LogP contribution in [0.1, 0.15) is 38.5 Å². The summed E-state index contributed by atoms with van der Waals surface area (Å²) in [6.07, 6.45) is 10.5. The Bertz CT molecular complexity index is 472. The van der Waals surface area contributed by atoms with Crippen LogP contribution >= 0.6 is 24.0 Å². The summed E-state index contributed by atoms with van der Waals surface area (Å²) >= 11 is 0. The highest BCUT2D eigenvalue weighted by atomic mass is 127. The quantitative estimate of drug-likeness (QED) is 0.303. The van der Waals surface area contributed by atoms with Gasteiger partial charge in [-0.15, -0.1) is 24.0 Å². The van der Waals surface area contributed by atoms with Crippen molar-refractivity contribution in [2.75, 3.05) is 11.9 Å². The standard InChI is InChI=1S/C15H23N5O.HI/c16-15(20-12-6-3-1-2-4-7-12)18-11-14(21)19-13-8-5-9-17-10-13;/h5,8-10,12H,1-4,6-7,11H2,(H,19,21)(H3,16,18,20);1H. The van der Waals surface area contributed by atoms with Crippen molar-refractivity contribution in [3.05, 3.63) is 24.5 Å². The van der Waals surface area contributed by atoms with Crippen molar-refractivity contribution in [3.63, 3.8) is 0 Å². The van der Waals surface area contributed by atoms with Crippen LogP contribution in [0.2, 0.25) is 0 Å². The van der Waals surface area contributed by atoms with Gasteiger partial charge in [-0.2, -0.15) is 0 Å². The van der Waals surface area contributed by atoms with Gasteiger partial charge in [-0.25, -0.2) is 4.99 Å². The zero-order valence-corrected chi connectivity index (χ0v) is 15.0. The SMILES string of the molecule is I.NC(=NCC(=O)Nc1cccnc1)NC1CCCCCC1. The molecule has 4 N–H and O–H groups in total. The number of aliphatic imine (C=N–C) groups is 1. The molecular weight excluding hydrogens is 393 g/mol. The molecule has 6 nitrogen and oxygen atoms in total. The summed E-state index contributed by atoms with van der Waals surface area (Å²) in [7, 11) is 0. The first-order chi connectivity index (χ1) is 10.2. The molecule has 0 aromatic carbocycles. The molecule has 1 fully saturated rings. The molecule has 0 aliphatic heterocycles. The molecular formula is C15H24IN5O. The van der Waals surface area contributed by atoms with Crippen LogP contribution in [0.3, 0.4) is 0 Å². The predicted octanol–water partition coefficient (Wildman–Crippen LogP) is 2.27. The first-order valence-electron chi connectivity index (χ1n) is 7.50. The fourth-order valence-corrected chi connectivity index (χ4v) is 2.47. The molecule has 1 saturated carbocycles. The number of guanidine groups is 1. The number of nitrogens with zero attached hydrogens (tertiary/aromatic N) is 2. The van der Waals surface area contributed by atoms with Crippen molar-refractivity contribution in [3.8, 4) is 0 Å². The summed E-state index contributed by atoms with van der Waals surface area (Å²) in [5.74, 6) is 0.150. The number of halogens is 1. The first-order valence-corrected chi connectivity index (χ1v) is 7.50. The zero-order chi connectivity index (χ0) is 14.9. The van der Waals surface area contributed by atoms with Gasteiger partial charge in [-0.05, 0) is 25.0 Å². The molecule has 0 spiro atoms. The largest absolute Gasteiger partial charge is 0.370 e. The molecule has 0 unspecified atom stereocenters. The fraction of sp³-hybridized carbons (Fsp3) is 0.533. The third-order valence-corrected chi connectivity index (χ3v) is 3.55. The lowest BCUT2D eigenvalue weighted by molar-refractivity contribution is -0.114. The van der Waals surface area contributed by atoms with Gasteiger partial charge < -0.3 is 16.4 Å². The van der Waals surface area contributed by atoms with E-state index in [1.165, 1.54) is 25.7 Å². The van der Waals surface area contributed by atoms with E-state index in [4.69, 9.17) is 5.73 Å².